The molecule has 1 atom stereocenters. The zero-order valence-corrected chi connectivity index (χ0v) is 12.4. The Bertz CT molecular complexity index is 757. The van der Waals surface area contributed by atoms with E-state index in [-0.39, 0.29) is 18.2 Å². The number of aromatic nitrogens is 3. The Kier molecular flexibility index (Phi) is 3.81. The number of carbonyl (C=O) groups is 2. The van der Waals surface area contributed by atoms with Crippen LogP contribution in [0.25, 0.3) is 5.69 Å². The Morgan fingerprint density at radius 2 is 2.00 bits per heavy atom. The number of carboxylic acid groups (broad SMARTS) is 1. The number of carbonyl (C=O) groups excluding carboxylic acids is 1. The summed E-state index contributed by atoms with van der Waals surface area (Å²) in [5.41, 5.74) is 0.597. The number of carboxylic acids is 1. The topological polar surface area (TPSA) is 88.3 Å². The quantitative estimate of drug-likeness (QED) is 0.920. The van der Waals surface area contributed by atoms with Crippen LogP contribution in [0.15, 0.2) is 24.3 Å². The molecule has 2 heterocycles. The van der Waals surface area contributed by atoms with Crippen molar-refractivity contribution in [3.05, 3.63) is 41.7 Å². The summed E-state index contributed by atoms with van der Waals surface area (Å²) in [4.78, 5) is 29.0. The normalized spacial score (nSPS) is 17.5. The molecule has 3 rings (SSSR count). The van der Waals surface area contributed by atoms with Crippen molar-refractivity contribution in [2.45, 2.75) is 13.3 Å². The molecule has 0 spiro atoms. The molecule has 1 aliphatic heterocycles. The van der Waals surface area contributed by atoms with Crippen molar-refractivity contribution >= 4 is 11.9 Å². The molecule has 1 fully saturated rings. The van der Waals surface area contributed by atoms with Crippen LogP contribution in [0.5, 0.6) is 0 Å². The predicted molar refractivity (Wildman–Crippen MR) is 77.7 cm³/mol. The van der Waals surface area contributed by atoms with E-state index < -0.39 is 17.8 Å². The number of rotatable bonds is 3. The zero-order chi connectivity index (χ0) is 16.6. The lowest BCUT2D eigenvalue weighted by molar-refractivity contribution is -0.141. The third-order valence-corrected chi connectivity index (χ3v) is 3.86. The van der Waals surface area contributed by atoms with Crippen LogP contribution in [0.2, 0.25) is 0 Å². The molecular formula is C15H15FN4O3. The van der Waals surface area contributed by atoms with Crippen molar-refractivity contribution in [1.29, 1.82) is 0 Å². The Morgan fingerprint density at radius 3 is 2.61 bits per heavy atom. The SMILES string of the molecule is Cc1nc(C(=O)N2CCC(C(=O)O)C2)nn1-c1ccc(F)cc1. The minimum atomic E-state index is -0.902. The fraction of sp³-hybridized carbons (Fsp3) is 0.333. The average molecular weight is 318 g/mol. The lowest BCUT2D eigenvalue weighted by Crippen LogP contribution is -2.30. The van der Waals surface area contributed by atoms with E-state index in [0.717, 1.165) is 0 Å². The highest BCUT2D eigenvalue weighted by Gasteiger charge is 2.33. The van der Waals surface area contributed by atoms with Crippen LogP contribution in [-0.4, -0.2) is 49.7 Å². The molecule has 1 amide bonds. The van der Waals surface area contributed by atoms with Crippen LogP contribution in [0.1, 0.15) is 22.9 Å². The van der Waals surface area contributed by atoms with Gasteiger partial charge in [0, 0.05) is 13.1 Å². The highest BCUT2D eigenvalue weighted by atomic mass is 19.1. The van der Waals surface area contributed by atoms with E-state index in [1.165, 1.54) is 21.7 Å². The highest BCUT2D eigenvalue weighted by Crippen LogP contribution is 2.19. The largest absolute Gasteiger partial charge is 0.481 e. The van der Waals surface area contributed by atoms with Gasteiger partial charge in [-0.3, -0.25) is 9.59 Å². The van der Waals surface area contributed by atoms with Crippen LogP contribution in [0.4, 0.5) is 4.39 Å². The van der Waals surface area contributed by atoms with Gasteiger partial charge in [0.2, 0.25) is 5.82 Å². The lowest BCUT2D eigenvalue weighted by Gasteiger charge is -2.12. The smallest absolute Gasteiger partial charge is 0.308 e. The van der Waals surface area contributed by atoms with Crippen molar-refractivity contribution in [3.8, 4) is 5.69 Å². The van der Waals surface area contributed by atoms with Gasteiger partial charge < -0.3 is 10.0 Å². The highest BCUT2D eigenvalue weighted by molar-refractivity contribution is 5.91. The summed E-state index contributed by atoms with van der Waals surface area (Å²) < 4.78 is 14.4. The molecule has 0 bridgehead atoms. The molecule has 1 saturated heterocycles. The third-order valence-electron chi connectivity index (χ3n) is 3.86. The van der Waals surface area contributed by atoms with Crippen LogP contribution in [-0.2, 0) is 4.79 Å². The first-order valence-electron chi connectivity index (χ1n) is 7.17. The molecule has 1 aliphatic rings. The molecule has 0 saturated carbocycles. The molecule has 7 nitrogen and oxygen atoms in total. The Balaban J connectivity index is 1.82. The number of aliphatic carboxylic acids is 1. The number of hydrogen-bond acceptors (Lipinski definition) is 4. The van der Waals surface area contributed by atoms with Crippen LogP contribution >= 0.6 is 0 Å². The number of aryl methyl sites for hydroxylation is 1. The summed E-state index contributed by atoms with van der Waals surface area (Å²) in [6.07, 6.45) is 0.429. The summed E-state index contributed by atoms with van der Waals surface area (Å²) in [7, 11) is 0. The number of benzene rings is 1. The second-order valence-electron chi connectivity index (χ2n) is 5.45. The van der Waals surface area contributed by atoms with E-state index in [4.69, 9.17) is 5.11 Å². The molecule has 0 radical (unpaired) electrons. The molecule has 1 N–H and O–H groups in total. The van der Waals surface area contributed by atoms with Gasteiger partial charge in [0.25, 0.3) is 5.91 Å². The summed E-state index contributed by atoms with van der Waals surface area (Å²) in [6.45, 7) is 2.23. The molecule has 2 aromatic rings. The molecule has 120 valence electrons. The number of amides is 1. The second kappa shape index (κ2) is 5.79. The standard InChI is InChI=1S/C15H15FN4O3/c1-9-17-13(14(21)19-7-6-10(8-19)15(22)23)18-20(9)12-4-2-11(16)3-5-12/h2-5,10H,6-8H2,1H3,(H,22,23). The maximum atomic E-state index is 13.0. The van der Waals surface area contributed by atoms with Gasteiger partial charge in [0.05, 0.1) is 11.6 Å². The molecular weight excluding hydrogens is 303 g/mol. The molecule has 1 unspecified atom stereocenters. The van der Waals surface area contributed by atoms with Gasteiger partial charge in [-0.1, -0.05) is 0 Å². The summed E-state index contributed by atoms with van der Waals surface area (Å²) in [5, 5.41) is 13.2. The minimum Gasteiger partial charge on any atom is -0.481 e. The van der Waals surface area contributed by atoms with Gasteiger partial charge in [-0.05, 0) is 37.6 Å². The van der Waals surface area contributed by atoms with Gasteiger partial charge in [0.1, 0.15) is 11.6 Å². The second-order valence-corrected chi connectivity index (χ2v) is 5.45. The van der Waals surface area contributed by atoms with E-state index in [1.54, 1.807) is 19.1 Å². The van der Waals surface area contributed by atoms with E-state index in [1.807, 2.05) is 0 Å². The van der Waals surface area contributed by atoms with Gasteiger partial charge >= 0.3 is 5.97 Å². The van der Waals surface area contributed by atoms with Crippen molar-refractivity contribution in [2.75, 3.05) is 13.1 Å². The van der Waals surface area contributed by atoms with Gasteiger partial charge in [-0.2, -0.15) is 0 Å². The van der Waals surface area contributed by atoms with Gasteiger partial charge in [-0.15, -0.1) is 5.10 Å². The summed E-state index contributed by atoms with van der Waals surface area (Å²) in [6, 6.07) is 5.69. The van der Waals surface area contributed by atoms with Crippen LogP contribution in [0.3, 0.4) is 0 Å². The number of halogens is 1. The minimum absolute atomic E-state index is 0.0119. The Hall–Kier alpha value is -2.77. The monoisotopic (exact) mass is 318 g/mol. The van der Waals surface area contributed by atoms with Gasteiger partial charge in [-0.25, -0.2) is 14.1 Å². The first kappa shape index (κ1) is 15.1. The van der Waals surface area contributed by atoms with E-state index in [2.05, 4.69) is 10.1 Å². The Morgan fingerprint density at radius 1 is 1.30 bits per heavy atom. The predicted octanol–water partition coefficient (Wildman–Crippen LogP) is 1.26. The van der Waals surface area contributed by atoms with Crippen molar-refractivity contribution in [2.24, 2.45) is 5.92 Å². The molecule has 8 heteroatoms. The first-order valence-corrected chi connectivity index (χ1v) is 7.17. The van der Waals surface area contributed by atoms with E-state index in [9.17, 15) is 14.0 Å². The summed E-state index contributed by atoms with van der Waals surface area (Å²) in [5.74, 6) is -1.69. The maximum Gasteiger partial charge on any atom is 0.308 e. The Labute approximate surface area is 131 Å². The summed E-state index contributed by atoms with van der Waals surface area (Å²) >= 11 is 0. The number of likely N-dealkylation sites (tertiary alicyclic amines) is 1. The van der Waals surface area contributed by atoms with Crippen molar-refractivity contribution in [3.63, 3.8) is 0 Å². The van der Waals surface area contributed by atoms with E-state index >= 15 is 0 Å². The van der Waals surface area contributed by atoms with Crippen molar-refractivity contribution < 1.29 is 19.1 Å². The number of nitrogens with zero attached hydrogens (tertiary/aromatic N) is 4. The third kappa shape index (κ3) is 2.92. The molecule has 23 heavy (non-hydrogen) atoms. The number of hydrogen-bond donors (Lipinski definition) is 1. The zero-order valence-electron chi connectivity index (χ0n) is 12.4. The lowest BCUT2D eigenvalue weighted by atomic mass is 10.1. The fourth-order valence-electron chi connectivity index (χ4n) is 2.60. The van der Waals surface area contributed by atoms with Crippen LogP contribution in [0, 0.1) is 18.7 Å². The fourth-order valence-corrected chi connectivity index (χ4v) is 2.60. The maximum absolute atomic E-state index is 13.0. The average Bonchev–Trinajstić information content (AvgIpc) is 3.14. The van der Waals surface area contributed by atoms with Gasteiger partial charge in [0.15, 0.2) is 0 Å². The van der Waals surface area contributed by atoms with Crippen molar-refractivity contribution in [1.82, 2.24) is 19.7 Å². The first-order chi connectivity index (χ1) is 11.0. The molecule has 1 aromatic carbocycles. The van der Waals surface area contributed by atoms with Crippen LogP contribution < -0.4 is 0 Å². The molecule has 0 aliphatic carbocycles. The van der Waals surface area contributed by atoms with E-state index in [0.29, 0.717) is 24.5 Å². The molecule has 1 aromatic heterocycles.